The van der Waals surface area contributed by atoms with E-state index in [0.29, 0.717) is 18.3 Å². The zero-order chi connectivity index (χ0) is 22.7. The molecule has 1 aliphatic rings. The lowest BCUT2D eigenvalue weighted by Gasteiger charge is -2.35. The molecular weight excluding hydrogens is 404 g/mol. The van der Waals surface area contributed by atoms with E-state index in [1.165, 1.54) is 0 Å². The third-order valence-electron chi connectivity index (χ3n) is 5.71. The lowest BCUT2D eigenvalue weighted by atomic mass is 9.94. The number of amides is 2. The summed E-state index contributed by atoms with van der Waals surface area (Å²) in [5, 5.41) is 7.35. The molecule has 0 radical (unpaired) electrons. The normalized spacial score (nSPS) is 16.3. The van der Waals surface area contributed by atoms with E-state index in [1.54, 1.807) is 12.0 Å². The molecule has 7 heteroatoms. The van der Waals surface area contributed by atoms with Gasteiger partial charge in [0.1, 0.15) is 5.75 Å². The minimum atomic E-state index is -0.405. The van der Waals surface area contributed by atoms with E-state index in [4.69, 9.17) is 14.2 Å². The van der Waals surface area contributed by atoms with Gasteiger partial charge in [-0.2, -0.15) is 4.98 Å². The summed E-state index contributed by atoms with van der Waals surface area (Å²) >= 11 is 0. The number of methoxy groups -OCH3 is 1. The number of nitrogens with one attached hydrogen (secondary N) is 1. The number of aryl methyl sites for hydroxylation is 1. The summed E-state index contributed by atoms with van der Waals surface area (Å²) in [6, 6.07) is 15.1. The lowest BCUT2D eigenvalue weighted by molar-refractivity contribution is 0.204. The second-order valence-corrected chi connectivity index (χ2v) is 7.95. The van der Waals surface area contributed by atoms with E-state index < -0.39 is 6.04 Å². The van der Waals surface area contributed by atoms with Crippen LogP contribution in [0.3, 0.4) is 0 Å². The van der Waals surface area contributed by atoms with Gasteiger partial charge in [-0.15, -0.1) is 0 Å². The number of unbranched alkanes of at least 4 members (excludes halogenated alkanes) is 1. The highest BCUT2D eigenvalue weighted by molar-refractivity contribution is 5.86. The summed E-state index contributed by atoms with van der Waals surface area (Å²) in [7, 11) is 1.63. The number of carbonyl (C=O) groups excluding carboxylic acids is 1. The number of hydrogen-bond acceptors (Lipinski definition) is 5. The smallest absolute Gasteiger partial charge is 0.322 e. The first kappa shape index (κ1) is 21.6. The SMILES string of the molecule is CCCCN1C(=O)NC(c2ccc(OC)cc2)C(c2nc(-c3cccc(C)c3)no2)=C1C. The Labute approximate surface area is 188 Å². The van der Waals surface area contributed by atoms with Crippen molar-refractivity contribution in [2.45, 2.75) is 39.7 Å². The van der Waals surface area contributed by atoms with E-state index in [-0.39, 0.29) is 6.03 Å². The molecular formula is C25H28N4O3. The number of urea groups is 1. The summed E-state index contributed by atoms with van der Waals surface area (Å²) in [4.78, 5) is 19.4. The van der Waals surface area contributed by atoms with Crippen molar-refractivity contribution in [3.05, 3.63) is 71.2 Å². The van der Waals surface area contributed by atoms with Gasteiger partial charge in [-0.25, -0.2) is 4.79 Å². The van der Waals surface area contributed by atoms with Crippen molar-refractivity contribution >= 4 is 11.6 Å². The molecule has 0 saturated heterocycles. The van der Waals surface area contributed by atoms with Crippen molar-refractivity contribution in [3.63, 3.8) is 0 Å². The van der Waals surface area contributed by atoms with Gasteiger partial charge >= 0.3 is 6.03 Å². The van der Waals surface area contributed by atoms with Gasteiger partial charge in [0, 0.05) is 17.8 Å². The van der Waals surface area contributed by atoms with Gasteiger partial charge in [0.05, 0.1) is 18.7 Å². The molecule has 1 atom stereocenters. The van der Waals surface area contributed by atoms with Gasteiger partial charge < -0.3 is 14.6 Å². The molecule has 166 valence electrons. The average molecular weight is 433 g/mol. The summed E-state index contributed by atoms with van der Waals surface area (Å²) in [6.07, 6.45) is 1.90. The number of nitrogens with zero attached hydrogens (tertiary/aromatic N) is 3. The maximum absolute atomic E-state index is 12.9. The molecule has 0 spiro atoms. The van der Waals surface area contributed by atoms with Crippen LogP contribution in [0.2, 0.25) is 0 Å². The number of benzene rings is 2. The standard InChI is InChI=1S/C25H28N4O3/c1-5-6-14-29-17(3)21(22(26-25(29)30)18-10-12-20(31-4)13-11-18)24-27-23(28-32-24)19-9-7-8-16(2)15-19/h7-13,15,22H,5-6,14H2,1-4H3,(H,26,30). The molecule has 1 aliphatic heterocycles. The van der Waals surface area contributed by atoms with Crippen LogP contribution in [0, 0.1) is 6.92 Å². The fraction of sp³-hybridized carbons (Fsp3) is 0.320. The molecule has 1 aromatic heterocycles. The Morgan fingerprint density at radius 2 is 1.94 bits per heavy atom. The molecule has 0 fully saturated rings. The average Bonchev–Trinajstić information content (AvgIpc) is 3.28. The predicted molar refractivity (Wildman–Crippen MR) is 123 cm³/mol. The minimum absolute atomic E-state index is 0.126. The van der Waals surface area contributed by atoms with Gasteiger partial charge in [0.2, 0.25) is 5.82 Å². The van der Waals surface area contributed by atoms with Crippen LogP contribution in [0.5, 0.6) is 5.75 Å². The third kappa shape index (κ3) is 4.23. The Bertz CT molecular complexity index is 1130. The predicted octanol–water partition coefficient (Wildman–Crippen LogP) is 5.35. The summed E-state index contributed by atoms with van der Waals surface area (Å²) < 4.78 is 11.0. The topological polar surface area (TPSA) is 80.5 Å². The first-order chi connectivity index (χ1) is 15.5. The second kappa shape index (κ2) is 9.26. The largest absolute Gasteiger partial charge is 0.497 e. The highest BCUT2D eigenvalue weighted by Gasteiger charge is 2.35. The number of hydrogen-bond donors (Lipinski definition) is 1. The summed E-state index contributed by atoms with van der Waals surface area (Å²) in [5.41, 5.74) is 4.55. The fourth-order valence-electron chi connectivity index (χ4n) is 3.92. The first-order valence-corrected chi connectivity index (χ1v) is 10.9. The highest BCUT2D eigenvalue weighted by atomic mass is 16.5. The minimum Gasteiger partial charge on any atom is -0.497 e. The molecule has 2 heterocycles. The maximum Gasteiger partial charge on any atom is 0.322 e. The van der Waals surface area contributed by atoms with Crippen molar-refractivity contribution < 1.29 is 14.1 Å². The van der Waals surface area contributed by atoms with E-state index in [1.807, 2.05) is 62.4 Å². The van der Waals surface area contributed by atoms with E-state index >= 15 is 0 Å². The third-order valence-corrected chi connectivity index (χ3v) is 5.71. The Hall–Kier alpha value is -3.61. The number of ether oxygens (including phenoxy) is 1. The van der Waals surface area contributed by atoms with Crippen molar-refractivity contribution in [2.24, 2.45) is 0 Å². The molecule has 2 aromatic carbocycles. The Morgan fingerprint density at radius 3 is 2.62 bits per heavy atom. The Balaban J connectivity index is 1.79. The Kier molecular flexibility index (Phi) is 6.25. The number of allylic oxidation sites excluding steroid dienone is 1. The molecule has 0 bridgehead atoms. The van der Waals surface area contributed by atoms with Gasteiger partial charge in [-0.05, 0) is 44.0 Å². The molecule has 32 heavy (non-hydrogen) atoms. The van der Waals surface area contributed by atoms with Crippen LogP contribution >= 0.6 is 0 Å². The van der Waals surface area contributed by atoms with E-state index in [0.717, 1.165) is 46.6 Å². The Morgan fingerprint density at radius 1 is 1.16 bits per heavy atom. The number of carbonyl (C=O) groups is 1. The molecule has 1 N–H and O–H groups in total. The summed E-state index contributed by atoms with van der Waals surface area (Å²) in [5.74, 6) is 1.68. The first-order valence-electron chi connectivity index (χ1n) is 10.9. The molecule has 3 aromatic rings. The van der Waals surface area contributed by atoms with Crippen LogP contribution in [0.25, 0.3) is 17.0 Å². The highest BCUT2D eigenvalue weighted by Crippen LogP contribution is 2.37. The molecule has 0 saturated carbocycles. The van der Waals surface area contributed by atoms with Crippen LogP contribution in [0.1, 0.15) is 49.7 Å². The molecule has 0 aliphatic carbocycles. The molecule has 2 amide bonds. The van der Waals surface area contributed by atoms with Crippen molar-refractivity contribution in [3.8, 4) is 17.1 Å². The van der Waals surface area contributed by atoms with Crippen LogP contribution in [0.15, 0.2) is 58.8 Å². The summed E-state index contributed by atoms with van der Waals surface area (Å²) in [6.45, 7) is 6.70. The van der Waals surface area contributed by atoms with E-state index in [9.17, 15) is 4.79 Å². The maximum atomic E-state index is 12.9. The monoisotopic (exact) mass is 432 g/mol. The van der Waals surface area contributed by atoms with Crippen molar-refractivity contribution in [1.82, 2.24) is 20.4 Å². The van der Waals surface area contributed by atoms with Crippen molar-refractivity contribution in [2.75, 3.05) is 13.7 Å². The zero-order valence-corrected chi connectivity index (χ0v) is 18.9. The van der Waals surface area contributed by atoms with Crippen LogP contribution in [-0.4, -0.2) is 34.7 Å². The number of aromatic nitrogens is 2. The fourth-order valence-corrected chi connectivity index (χ4v) is 3.92. The van der Waals surface area contributed by atoms with Crippen molar-refractivity contribution in [1.29, 1.82) is 0 Å². The van der Waals surface area contributed by atoms with Crippen LogP contribution in [-0.2, 0) is 0 Å². The van der Waals surface area contributed by atoms with Gasteiger partial charge in [-0.1, -0.05) is 54.4 Å². The number of rotatable bonds is 7. The van der Waals surface area contributed by atoms with Crippen LogP contribution < -0.4 is 10.1 Å². The molecule has 7 nitrogen and oxygen atoms in total. The second-order valence-electron chi connectivity index (χ2n) is 7.95. The molecule has 4 rings (SSSR count). The van der Waals surface area contributed by atoms with E-state index in [2.05, 4.69) is 17.4 Å². The lowest BCUT2D eigenvalue weighted by Crippen LogP contribution is -2.46. The van der Waals surface area contributed by atoms with Gasteiger partial charge in [0.15, 0.2) is 0 Å². The molecule has 1 unspecified atom stereocenters. The zero-order valence-electron chi connectivity index (χ0n) is 18.9. The van der Waals surface area contributed by atoms with Crippen LogP contribution in [0.4, 0.5) is 4.79 Å². The van der Waals surface area contributed by atoms with Gasteiger partial charge in [0.25, 0.3) is 5.89 Å². The quantitative estimate of drug-likeness (QED) is 0.544. The van der Waals surface area contributed by atoms with Gasteiger partial charge in [-0.3, -0.25) is 4.90 Å².